The topological polar surface area (TPSA) is 45.7 Å². The number of carbonyl (C=O) groups excluding carboxylic acids is 1. The molecule has 0 unspecified atom stereocenters. The van der Waals surface area contributed by atoms with Crippen molar-refractivity contribution in [3.63, 3.8) is 0 Å². The molecule has 29 heavy (non-hydrogen) atoms. The molecule has 1 aliphatic heterocycles. The Labute approximate surface area is 175 Å². The lowest BCUT2D eigenvalue weighted by Crippen LogP contribution is -2.48. The second kappa shape index (κ2) is 8.66. The Bertz CT molecular complexity index is 976. The molecule has 0 radical (unpaired) electrons. The van der Waals surface area contributed by atoms with Gasteiger partial charge in [0.05, 0.1) is 10.7 Å². The molecule has 0 bridgehead atoms. The second-order valence-corrected chi connectivity index (χ2v) is 8.35. The number of amides is 1. The summed E-state index contributed by atoms with van der Waals surface area (Å²) in [7, 11) is 0. The molecule has 0 spiro atoms. The third-order valence-corrected chi connectivity index (χ3v) is 5.91. The van der Waals surface area contributed by atoms with Crippen molar-refractivity contribution in [2.24, 2.45) is 0 Å². The van der Waals surface area contributed by atoms with E-state index in [1.54, 1.807) is 11.3 Å². The van der Waals surface area contributed by atoms with E-state index in [2.05, 4.69) is 41.1 Å². The monoisotopic (exact) mass is 407 g/mol. The van der Waals surface area contributed by atoms with Crippen molar-refractivity contribution >= 4 is 22.9 Å². The molecule has 1 amide bonds. The van der Waals surface area contributed by atoms with Crippen LogP contribution < -0.4 is 9.64 Å². The van der Waals surface area contributed by atoms with Crippen molar-refractivity contribution in [1.29, 1.82) is 0 Å². The van der Waals surface area contributed by atoms with Gasteiger partial charge in [-0.1, -0.05) is 12.1 Å². The average molecular weight is 408 g/mol. The van der Waals surface area contributed by atoms with E-state index in [-0.39, 0.29) is 5.91 Å². The Morgan fingerprint density at radius 1 is 1.07 bits per heavy atom. The Morgan fingerprint density at radius 3 is 2.48 bits per heavy atom. The summed E-state index contributed by atoms with van der Waals surface area (Å²) in [4.78, 5) is 21.5. The van der Waals surface area contributed by atoms with E-state index < -0.39 is 0 Å². The highest BCUT2D eigenvalue weighted by atomic mass is 32.1. The first-order chi connectivity index (χ1) is 14.1. The van der Waals surface area contributed by atoms with Crippen molar-refractivity contribution in [1.82, 2.24) is 9.88 Å². The lowest BCUT2D eigenvalue weighted by molar-refractivity contribution is 0.0746. The van der Waals surface area contributed by atoms with E-state index in [0.29, 0.717) is 12.2 Å². The van der Waals surface area contributed by atoms with Gasteiger partial charge in [0.25, 0.3) is 5.91 Å². The SMILES string of the molecule is Cc1cccc(N2CCN(C(=O)c3ccc(OCc4csc(C)n4)cc3)CC2)c1. The van der Waals surface area contributed by atoms with Crippen LogP contribution in [0, 0.1) is 13.8 Å². The van der Waals surface area contributed by atoms with Crippen molar-refractivity contribution < 1.29 is 9.53 Å². The van der Waals surface area contributed by atoms with Crippen molar-refractivity contribution in [3.05, 3.63) is 75.7 Å². The number of ether oxygens (including phenoxy) is 1. The first-order valence-corrected chi connectivity index (χ1v) is 10.7. The summed E-state index contributed by atoms with van der Waals surface area (Å²) in [6.45, 7) is 7.69. The maximum Gasteiger partial charge on any atom is 0.253 e. The average Bonchev–Trinajstić information content (AvgIpc) is 3.17. The number of thiazole rings is 1. The van der Waals surface area contributed by atoms with Crippen LogP contribution in [-0.2, 0) is 6.61 Å². The summed E-state index contributed by atoms with van der Waals surface area (Å²) in [5.41, 5.74) is 4.12. The van der Waals surface area contributed by atoms with Gasteiger partial charge in [-0.2, -0.15) is 0 Å². The number of rotatable bonds is 5. The predicted octanol–water partition coefficient (Wildman–Crippen LogP) is 4.30. The Morgan fingerprint density at radius 2 is 1.83 bits per heavy atom. The van der Waals surface area contributed by atoms with Gasteiger partial charge in [0.1, 0.15) is 12.4 Å². The third kappa shape index (κ3) is 4.77. The zero-order chi connectivity index (χ0) is 20.2. The first kappa shape index (κ1) is 19.5. The van der Waals surface area contributed by atoms with Gasteiger partial charge in [-0.25, -0.2) is 4.98 Å². The molecule has 2 heterocycles. The number of nitrogens with zero attached hydrogens (tertiary/aromatic N) is 3. The van der Waals surface area contributed by atoms with E-state index in [0.717, 1.165) is 42.6 Å². The van der Waals surface area contributed by atoms with Gasteiger partial charge in [-0.05, 0) is 55.8 Å². The maximum absolute atomic E-state index is 12.8. The van der Waals surface area contributed by atoms with Crippen LogP contribution in [0.1, 0.15) is 26.6 Å². The zero-order valence-electron chi connectivity index (χ0n) is 16.8. The number of carbonyl (C=O) groups is 1. The minimum Gasteiger partial charge on any atom is -0.487 e. The molecule has 6 heteroatoms. The van der Waals surface area contributed by atoms with Crippen LogP contribution in [0.25, 0.3) is 0 Å². The van der Waals surface area contributed by atoms with Gasteiger partial charge < -0.3 is 14.5 Å². The molecule has 3 aromatic rings. The number of hydrogen-bond donors (Lipinski definition) is 0. The highest BCUT2D eigenvalue weighted by Crippen LogP contribution is 2.20. The molecule has 150 valence electrons. The molecule has 1 aromatic heterocycles. The van der Waals surface area contributed by atoms with Crippen LogP contribution in [0.5, 0.6) is 5.75 Å². The summed E-state index contributed by atoms with van der Waals surface area (Å²) < 4.78 is 5.77. The fraction of sp³-hybridized carbons (Fsp3) is 0.304. The van der Waals surface area contributed by atoms with Gasteiger partial charge in [0.2, 0.25) is 0 Å². The molecule has 1 saturated heterocycles. The highest BCUT2D eigenvalue weighted by Gasteiger charge is 2.22. The van der Waals surface area contributed by atoms with Crippen LogP contribution in [0.15, 0.2) is 53.9 Å². The number of benzene rings is 2. The van der Waals surface area contributed by atoms with Crippen LogP contribution in [0.2, 0.25) is 0 Å². The Kier molecular flexibility index (Phi) is 5.81. The fourth-order valence-corrected chi connectivity index (χ4v) is 4.10. The molecule has 2 aromatic carbocycles. The lowest BCUT2D eigenvalue weighted by Gasteiger charge is -2.36. The lowest BCUT2D eigenvalue weighted by atomic mass is 10.1. The fourth-order valence-electron chi connectivity index (χ4n) is 3.50. The molecule has 1 aliphatic rings. The van der Waals surface area contributed by atoms with Crippen molar-refractivity contribution in [3.8, 4) is 5.75 Å². The number of aromatic nitrogens is 1. The molecule has 0 aliphatic carbocycles. The quantitative estimate of drug-likeness (QED) is 0.633. The summed E-state index contributed by atoms with van der Waals surface area (Å²) >= 11 is 1.62. The Balaban J connectivity index is 1.31. The Hall–Kier alpha value is -2.86. The number of aryl methyl sites for hydroxylation is 2. The van der Waals surface area contributed by atoms with Crippen LogP contribution in [0.3, 0.4) is 0 Å². The predicted molar refractivity (Wildman–Crippen MR) is 117 cm³/mol. The van der Waals surface area contributed by atoms with Gasteiger partial charge >= 0.3 is 0 Å². The van der Waals surface area contributed by atoms with Crippen LogP contribution in [0.4, 0.5) is 5.69 Å². The van der Waals surface area contributed by atoms with Gasteiger partial charge in [0, 0.05) is 42.8 Å². The van der Waals surface area contributed by atoms with E-state index in [1.165, 1.54) is 11.3 Å². The molecular formula is C23H25N3O2S. The van der Waals surface area contributed by atoms with E-state index in [1.807, 2.05) is 41.5 Å². The first-order valence-electron chi connectivity index (χ1n) is 9.83. The van der Waals surface area contributed by atoms with E-state index >= 15 is 0 Å². The summed E-state index contributed by atoms with van der Waals surface area (Å²) in [5.74, 6) is 0.826. The molecule has 4 rings (SSSR count). The smallest absolute Gasteiger partial charge is 0.253 e. The maximum atomic E-state index is 12.8. The number of piperazine rings is 1. The number of hydrogen-bond acceptors (Lipinski definition) is 5. The van der Waals surface area contributed by atoms with Crippen molar-refractivity contribution in [2.75, 3.05) is 31.1 Å². The highest BCUT2D eigenvalue weighted by molar-refractivity contribution is 7.09. The molecular weight excluding hydrogens is 382 g/mol. The molecule has 1 fully saturated rings. The molecule has 0 atom stereocenters. The molecule has 0 N–H and O–H groups in total. The minimum atomic E-state index is 0.0792. The van der Waals surface area contributed by atoms with Crippen LogP contribution >= 0.6 is 11.3 Å². The summed E-state index contributed by atoms with van der Waals surface area (Å²) in [5, 5.41) is 3.04. The van der Waals surface area contributed by atoms with Crippen molar-refractivity contribution in [2.45, 2.75) is 20.5 Å². The van der Waals surface area contributed by atoms with Crippen LogP contribution in [-0.4, -0.2) is 42.0 Å². The van der Waals surface area contributed by atoms with Gasteiger partial charge in [0.15, 0.2) is 0 Å². The van der Waals surface area contributed by atoms with Gasteiger partial charge in [-0.15, -0.1) is 11.3 Å². The van der Waals surface area contributed by atoms with E-state index in [4.69, 9.17) is 4.74 Å². The minimum absolute atomic E-state index is 0.0792. The summed E-state index contributed by atoms with van der Waals surface area (Å²) in [6.07, 6.45) is 0. The summed E-state index contributed by atoms with van der Waals surface area (Å²) in [6, 6.07) is 15.9. The van der Waals surface area contributed by atoms with Gasteiger partial charge in [-0.3, -0.25) is 4.79 Å². The normalized spacial score (nSPS) is 14.1. The molecule has 5 nitrogen and oxygen atoms in total. The second-order valence-electron chi connectivity index (χ2n) is 7.29. The standard InChI is InChI=1S/C23H25N3O2S/c1-17-4-3-5-21(14-17)25-10-12-26(13-11-25)23(27)19-6-8-22(9-7-19)28-15-20-16-29-18(2)24-20/h3-9,14,16H,10-13,15H2,1-2H3. The van der Waals surface area contributed by atoms with E-state index in [9.17, 15) is 4.79 Å². The third-order valence-electron chi connectivity index (χ3n) is 5.09. The molecule has 0 saturated carbocycles. The zero-order valence-corrected chi connectivity index (χ0v) is 17.6. The number of anilines is 1. The largest absolute Gasteiger partial charge is 0.487 e.